The molecule has 2 amide bonds. The van der Waals surface area contributed by atoms with Crippen LogP contribution in [0.15, 0.2) is 60.7 Å². The first-order chi connectivity index (χ1) is 11.1. The van der Waals surface area contributed by atoms with Crippen LogP contribution in [-0.4, -0.2) is 18.4 Å². The predicted octanol–water partition coefficient (Wildman–Crippen LogP) is 2.23. The Bertz CT molecular complexity index is 696. The van der Waals surface area contributed by atoms with Crippen molar-refractivity contribution in [2.75, 3.05) is 6.61 Å². The lowest BCUT2D eigenvalue weighted by atomic mass is 10.2. The molecule has 0 spiro atoms. The molecular formula is C18H18N2O3. The third-order valence-electron chi connectivity index (χ3n) is 2.91. The Balaban J connectivity index is 1.71. The fourth-order valence-electron chi connectivity index (χ4n) is 1.80. The summed E-state index contributed by atoms with van der Waals surface area (Å²) in [5.41, 5.74) is 6.53. The molecule has 0 saturated heterocycles. The fraction of sp³-hybridized carbons (Fsp3) is 0.111. The molecule has 5 heteroatoms. The molecule has 23 heavy (non-hydrogen) atoms. The van der Waals surface area contributed by atoms with E-state index in [1.165, 1.54) is 6.08 Å². The van der Waals surface area contributed by atoms with E-state index >= 15 is 0 Å². The van der Waals surface area contributed by atoms with Crippen LogP contribution in [-0.2, 0) is 9.59 Å². The average Bonchev–Trinajstić information content (AvgIpc) is 2.57. The van der Waals surface area contributed by atoms with Crippen molar-refractivity contribution >= 4 is 17.9 Å². The zero-order chi connectivity index (χ0) is 16.5. The standard InChI is InChI=1S/C18H18N2O3/c1-14-6-5-9-16(12-14)23-13-18(22)20-19-17(21)11-10-15-7-3-2-4-8-15/h2-12H,13H2,1H3,(H,19,21)(H,20,22). The predicted molar refractivity (Wildman–Crippen MR) is 88.4 cm³/mol. The van der Waals surface area contributed by atoms with Crippen molar-refractivity contribution < 1.29 is 14.3 Å². The zero-order valence-corrected chi connectivity index (χ0v) is 12.8. The highest BCUT2D eigenvalue weighted by Gasteiger charge is 2.03. The maximum atomic E-state index is 11.6. The number of hydrogen-bond acceptors (Lipinski definition) is 3. The molecule has 0 aliphatic heterocycles. The third kappa shape index (κ3) is 6.05. The van der Waals surface area contributed by atoms with Crippen molar-refractivity contribution in [3.8, 4) is 5.75 Å². The van der Waals surface area contributed by atoms with Crippen LogP contribution in [0.25, 0.3) is 6.08 Å². The smallest absolute Gasteiger partial charge is 0.276 e. The van der Waals surface area contributed by atoms with Crippen LogP contribution in [0.1, 0.15) is 11.1 Å². The van der Waals surface area contributed by atoms with Gasteiger partial charge in [0, 0.05) is 6.08 Å². The van der Waals surface area contributed by atoms with E-state index in [0.717, 1.165) is 11.1 Å². The summed E-state index contributed by atoms with van der Waals surface area (Å²) in [6, 6.07) is 16.8. The highest BCUT2D eigenvalue weighted by atomic mass is 16.5. The molecule has 0 unspecified atom stereocenters. The number of aryl methyl sites for hydroxylation is 1. The molecule has 0 saturated carbocycles. The lowest BCUT2D eigenvalue weighted by Gasteiger charge is -2.08. The third-order valence-corrected chi connectivity index (χ3v) is 2.91. The van der Waals surface area contributed by atoms with Gasteiger partial charge in [-0.2, -0.15) is 0 Å². The van der Waals surface area contributed by atoms with Crippen LogP contribution < -0.4 is 15.6 Å². The van der Waals surface area contributed by atoms with Crippen molar-refractivity contribution in [1.29, 1.82) is 0 Å². The van der Waals surface area contributed by atoms with Crippen molar-refractivity contribution in [2.24, 2.45) is 0 Å². The quantitative estimate of drug-likeness (QED) is 0.657. The second kappa shape index (κ2) is 8.38. The van der Waals surface area contributed by atoms with E-state index in [0.29, 0.717) is 5.75 Å². The van der Waals surface area contributed by atoms with Gasteiger partial charge in [0.2, 0.25) is 0 Å². The van der Waals surface area contributed by atoms with Crippen LogP contribution >= 0.6 is 0 Å². The van der Waals surface area contributed by atoms with Gasteiger partial charge in [-0.1, -0.05) is 42.5 Å². The maximum absolute atomic E-state index is 11.6. The Labute approximate surface area is 134 Å². The van der Waals surface area contributed by atoms with Crippen molar-refractivity contribution in [3.63, 3.8) is 0 Å². The second-order valence-electron chi connectivity index (χ2n) is 4.89. The van der Waals surface area contributed by atoms with Gasteiger partial charge < -0.3 is 4.74 Å². The Morgan fingerprint density at radius 2 is 1.83 bits per heavy atom. The van der Waals surface area contributed by atoms with Gasteiger partial charge in [0.25, 0.3) is 11.8 Å². The van der Waals surface area contributed by atoms with Crippen LogP contribution in [0, 0.1) is 6.92 Å². The van der Waals surface area contributed by atoms with E-state index in [1.807, 2.05) is 55.5 Å². The van der Waals surface area contributed by atoms with Crippen LogP contribution in [0.3, 0.4) is 0 Å². The molecule has 0 aliphatic rings. The summed E-state index contributed by atoms with van der Waals surface area (Å²) in [5, 5.41) is 0. The van der Waals surface area contributed by atoms with Crippen LogP contribution in [0.5, 0.6) is 5.75 Å². The normalized spacial score (nSPS) is 10.3. The number of rotatable bonds is 5. The van der Waals surface area contributed by atoms with Crippen molar-refractivity contribution in [2.45, 2.75) is 6.92 Å². The molecule has 0 aromatic heterocycles. The minimum absolute atomic E-state index is 0.174. The van der Waals surface area contributed by atoms with Gasteiger partial charge in [0.15, 0.2) is 6.61 Å². The van der Waals surface area contributed by atoms with E-state index < -0.39 is 11.8 Å². The number of carbonyl (C=O) groups is 2. The lowest BCUT2D eigenvalue weighted by molar-refractivity contribution is -0.128. The van der Waals surface area contributed by atoms with Gasteiger partial charge in [-0.25, -0.2) is 0 Å². The lowest BCUT2D eigenvalue weighted by Crippen LogP contribution is -2.43. The van der Waals surface area contributed by atoms with Crippen LogP contribution in [0.2, 0.25) is 0 Å². The number of ether oxygens (including phenoxy) is 1. The van der Waals surface area contributed by atoms with Crippen molar-refractivity contribution in [3.05, 3.63) is 71.8 Å². The molecular weight excluding hydrogens is 292 g/mol. The van der Waals surface area contributed by atoms with E-state index in [-0.39, 0.29) is 6.61 Å². The molecule has 0 aliphatic carbocycles. The highest BCUT2D eigenvalue weighted by Crippen LogP contribution is 2.11. The molecule has 5 nitrogen and oxygen atoms in total. The molecule has 2 aromatic rings. The average molecular weight is 310 g/mol. The first kappa shape index (κ1) is 16.3. The molecule has 2 aromatic carbocycles. The van der Waals surface area contributed by atoms with Gasteiger partial charge in [-0.05, 0) is 36.3 Å². The first-order valence-corrected chi connectivity index (χ1v) is 7.15. The molecule has 0 heterocycles. The zero-order valence-electron chi connectivity index (χ0n) is 12.8. The van der Waals surface area contributed by atoms with Crippen LogP contribution in [0.4, 0.5) is 0 Å². The number of carbonyl (C=O) groups excluding carboxylic acids is 2. The second-order valence-corrected chi connectivity index (χ2v) is 4.89. The first-order valence-electron chi connectivity index (χ1n) is 7.15. The number of hydrogen-bond donors (Lipinski definition) is 2. The number of hydrazine groups is 1. The molecule has 0 radical (unpaired) electrons. The van der Waals surface area contributed by atoms with E-state index in [4.69, 9.17) is 4.74 Å². The van der Waals surface area contributed by atoms with Gasteiger partial charge in [-0.15, -0.1) is 0 Å². The molecule has 2 rings (SSSR count). The highest BCUT2D eigenvalue weighted by molar-refractivity contribution is 5.93. The van der Waals surface area contributed by atoms with E-state index in [9.17, 15) is 9.59 Å². The van der Waals surface area contributed by atoms with Gasteiger partial charge in [-0.3, -0.25) is 20.4 Å². The Morgan fingerprint density at radius 1 is 1.04 bits per heavy atom. The number of nitrogens with one attached hydrogen (secondary N) is 2. The molecule has 0 bridgehead atoms. The Morgan fingerprint density at radius 3 is 2.57 bits per heavy atom. The fourth-order valence-corrected chi connectivity index (χ4v) is 1.80. The summed E-state index contributed by atoms with van der Waals surface area (Å²) >= 11 is 0. The molecule has 2 N–H and O–H groups in total. The monoisotopic (exact) mass is 310 g/mol. The molecule has 0 atom stereocenters. The summed E-state index contributed by atoms with van der Waals surface area (Å²) in [7, 11) is 0. The number of amides is 2. The molecule has 118 valence electrons. The van der Waals surface area contributed by atoms with E-state index in [2.05, 4.69) is 10.9 Å². The minimum Gasteiger partial charge on any atom is -0.484 e. The van der Waals surface area contributed by atoms with Gasteiger partial charge >= 0.3 is 0 Å². The van der Waals surface area contributed by atoms with E-state index in [1.54, 1.807) is 12.1 Å². The Kier molecular flexibility index (Phi) is 5.94. The summed E-state index contributed by atoms with van der Waals surface area (Å²) in [4.78, 5) is 23.2. The maximum Gasteiger partial charge on any atom is 0.276 e. The summed E-state index contributed by atoms with van der Waals surface area (Å²) in [5.74, 6) is -0.249. The Hall–Kier alpha value is -3.08. The van der Waals surface area contributed by atoms with Gasteiger partial charge in [0.05, 0.1) is 0 Å². The minimum atomic E-state index is -0.437. The molecule has 0 fully saturated rings. The summed E-state index contributed by atoms with van der Waals surface area (Å²) in [6.07, 6.45) is 3.00. The SMILES string of the molecule is Cc1cccc(OCC(=O)NNC(=O)C=Cc2ccccc2)c1. The van der Waals surface area contributed by atoms with Crippen molar-refractivity contribution in [1.82, 2.24) is 10.9 Å². The topological polar surface area (TPSA) is 67.4 Å². The summed E-state index contributed by atoms with van der Waals surface area (Å²) < 4.78 is 5.33. The summed E-state index contributed by atoms with van der Waals surface area (Å²) in [6.45, 7) is 1.76. The number of benzene rings is 2. The largest absolute Gasteiger partial charge is 0.484 e. The van der Waals surface area contributed by atoms with Gasteiger partial charge in [0.1, 0.15) is 5.75 Å².